The molecule has 0 aromatic heterocycles. The molecule has 0 fully saturated rings. The second-order valence-corrected chi connectivity index (χ2v) is 3.63. The number of amides is 1. The van der Waals surface area contributed by atoms with Gasteiger partial charge >= 0.3 is 18.0 Å². The molecule has 0 aliphatic heterocycles. The van der Waals surface area contributed by atoms with Crippen LogP contribution in [0, 0.1) is 40.4 Å². The van der Waals surface area contributed by atoms with E-state index in [1.165, 1.54) is 0 Å². The Kier molecular flexibility index (Phi) is 11.1. The van der Waals surface area contributed by atoms with Gasteiger partial charge < -0.3 is 15.6 Å². The maximum absolute atomic E-state index is 10.9. The van der Waals surface area contributed by atoms with Crippen molar-refractivity contribution in [3.05, 3.63) is 0 Å². The summed E-state index contributed by atoms with van der Waals surface area (Å²) in [6.45, 7) is 0. The summed E-state index contributed by atoms with van der Waals surface area (Å²) < 4.78 is 4.67. The maximum Gasteiger partial charge on any atom is 0.437 e. The third kappa shape index (κ3) is 8.55. The van der Waals surface area contributed by atoms with Crippen molar-refractivity contribution < 1.29 is 64.6 Å². The Hall–Kier alpha value is 0.408. The Bertz CT molecular complexity index is 276. The van der Waals surface area contributed by atoms with Crippen LogP contribution in [0.15, 0.2) is 0 Å². The number of carbonyl (C=O) groups is 3. The number of thiol groups is 2. The topological polar surface area (TPSA) is 110 Å². The molecule has 0 radical (unpaired) electrons. The van der Waals surface area contributed by atoms with Gasteiger partial charge in [0.15, 0.2) is 0 Å². The van der Waals surface area contributed by atoms with Gasteiger partial charge in [0.1, 0.15) is 6.04 Å². The largest absolute Gasteiger partial charge is 0.480 e. The summed E-state index contributed by atoms with van der Waals surface area (Å²) in [5, 5.41) is 8.39. The predicted octanol–water partition coefficient (Wildman–Crippen LogP) is -0.167. The monoisotopic (exact) mass is 406 g/mol. The Labute approximate surface area is 135 Å². The van der Waals surface area contributed by atoms with Crippen molar-refractivity contribution in [3.8, 4) is 0 Å². The molecule has 0 aliphatic rings. The first-order valence-corrected chi connectivity index (χ1v) is 4.55. The minimum atomic E-state index is -1.22. The fourth-order valence-electron chi connectivity index (χ4n) is 0.586. The van der Waals surface area contributed by atoms with Crippen LogP contribution in [-0.4, -0.2) is 32.9 Å². The van der Waals surface area contributed by atoms with Crippen LogP contribution in [0.5, 0.6) is 0 Å². The molecule has 0 heterocycles. The van der Waals surface area contributed by atoms with Crippen molar-refractivity contribution in [2.24, 2.45) is 5.73 Å². The molecule has 0 unspecified atom stereocenters. The SMILES string of the molecule is N[C@@H](CCC(=O)OC(=O)N(S)S)C(=O)O.[Sm]. The van der Waals surface area contributed by atoms with Gasteiger partial charge in [0.25, 0.3) is 0 Å². The molecule has 0 saturated carbocycles. The Morgan fingerprint density at radius 2 is 1.88 bits per heavy atom. The summed E-state index contributed by atoms with van der Waals surface area (Å²) >= 11 is 6.92. The number of aliphatic carboxylic acids is 1. The van der Waals surface area contributed by atoms with Gasteiger partial charge in [-0.15, -0.1) is 0 Å². The van der Waals surface area contributed by atoms with E-state index in [4.69, 9.17) is 10.8 Å². The van der Waals surface area contributed by atoms with Gasteiger partial charge in [0, 0.05) is 46.8 Å². The zero-order chi connectivity index (χ0) is 12.0. The fourth-order valence-corrected chi connectivity index (χ4v) is 0.668. The Morgan fingerprint density at radius 1 is 1.38 bits per heavy atom. The van der Waals surface area contributed by atoms with Gasteiger partial charge in [-0.3, -0.25) is 9.59 Å². The van der Waals surface area contributed by atoms with E-state index in [9.17, 15) is 14.4 Å². The van der Waals surface area contributed by atoms with Crippen molar-refractivity contribution in [3.63, 3.8) is 0 Å². The predicted molar refractivity (Wildman–Crippen MR) is 56.1 cm³/mol. The van der Waals surface area contributed by atoms with Crippen LogP contribution >= 0.6 is 25.6 Å². The van der Waals surface area contributed by atoms with Crippen LogP contribution < -0.4 is 5.73 Å². The third-order valence-electron chi connectivity index (χ3n) is 1.34. The summed E-state index contributed by atoms with van der Waals surface area (Å²) in [4.78, 5) is 31.9. The molecule has 3 N–H and O–H groups in total. The average Bonchev–Trinajstić information content (AvgIpc) is 2.13. The number of nitrogens with two attached hydrogens (primary N) is 1. The van der Waals surface area contributed by atoms with Gasteiger partial charge in [-0.05, 0) is 32.1 Å². The molecular formula is C6H10N2O5S2Sm. The van der Waals surface area contributed by atoms with Crippen molar-refractivity contribution >= 4 is 43.7 Å². The first kappa shape index (κ1) is 18.8. The Morgan fingerprint density at radius 3 is 2.25 bits per heavy atom. The van der Waals surface area contributed by atoms with Gasteiger partial charge in [-0.1, -0.05) is 0 Å². The zero-order valence-corrected chi connectivity index (χ0v) is 12.3. The summed E-state index contributed by atoms with van der Waals surface area (Å²) in [6.07, 6.45) is -1.44. The number of nitrogens with zero attached hydrogens (tertiary/aromatic N) is 1. The molecule has 0 spiro atoms. The molecule has 0 saturated heterocycles. The number of esters is 1. The third-order valence-corrected chi connectivity index (χ3v) is 1.67. The van der Waals surface area contributed by atoms with E-state index in [2.05, 4.69) is 30.4 Å². The van der Waals surface area contributed by atoms with E-state index in [0.29, 0.717) is 3.71 Å². The van der Waals surface area contributed by atoms with Crippen molar-refractivity contribution in [2.45, 2.75) is 18.9 Å². The van der Waals surface area contributed by atoms with Crippen molar-refractivity contribution in [1.29, 1.82) is 0 Å². The molecule has 0 aromatic rings. The molecule has 0 aromatic carbocycles. The molecule has 1 amide bonds. The minimum Gasteiger partial charge on any atom is -0.480 e. The molecular weight excluding hydrogens is 395 g/mol. The van der Waals surface area contributed by atoms with Gasteiger partial charge in [0.05, 0.1) is 0 Å². The van der Waals surface area contributed by atoms with Crippen LogP contribution in [0.3, 0.4) is 0 Å². The van der Waals surface area contributed by atoms with Crippen LogP contribution in [0.4, 0.5) is 4.79 Å². The van der Waals surface area contributed by atoms with Crippen molar-refractivity contribution in [2.75, 3.05) is 0 Å². The number of carboxylic acid groups (broad SMARTS) is 1. The molecule has 1 atom stereocenters. The quantitative estimate of drug-likeness (QED) is 0.294. The number of hydrogen-bond acceptors (Lipinski definition) is 7. The number of carboxylic acids is 1. The van der Waals surface area contributed by atoms with Crippen LogP contribution in [0.2, 0.25) is 0 Å². The van der Waals surface area contributed by atoms with Gasteiger partial charge in [-0.2, -0.15) is 3.71 Å². The number of rotatable bonds is 4. The molecule has 16 heavy (non-hydrogen) atoms. The van der Waals surface area contributed by atoms with Gasteiger partial charge in [0.2, 0.25) is 0 Å². The summed E-state index contributed by atoms with van der Waals surface area (Å²) in [7, 11) is 0. The normalized spacial score (nSPS) is 10.9. The van der Waals surface area contributed by atoms with Gasteiger partial charge in [-0.25, -0.2) is 4.79 Å². The molecule has 0 aliphatic carbocycles. The van der Waals surface area contributed by atoms with E-state index >= 15 is 0 Å². The maximum atomic E-state index is 10.9. The van der Waals surface area contributed by atoms with Crippen LogP contribution in [0.25, 0.3) is 0 Å². The van der Waals surface area contributed by atoms with Crippen LogP contribution in [-0.2, 0) is 14.3 Å². The standard InChI is InChI=1S/C6H10N2O5S2.Sm/c7-3(5(10)11)1-2-4(9)13-6(12)8(14)15;/h3,14-15H,1-2,7H2,(H,10,11);/t3-;/m0./s1. The first-order chi connectivity index (χ1) is 6.84. The van der Waals surface area contributed by atoms with E-state index in [1.807, 2.05) is 0 Å². The minimum absolute atomic E-state index is 0. The summed E-state index contributed by atoms with van der Waals surface area (Å²) in [6, 6.07) is -1.16. The average molecular weight is 405 g/mol. The summed E-state index contributed by atoms with van der Waals surface area (Å²) in [5.74, 6) is -2.11. The molecule has 0 bridgehead atoms. The van der Waals surface area contributed by atoms with Crippen LogP contribution in [0.1, 0.15) is 12.8 Å². The number of hydrogen-bond donors (Lipinski definition) is 4. The molecule has 7 nitrogen and oxygen atoms in total. The first-order valence-electron chi connectivity index (χ1n) is 3.75. The zero-order valence-electron chi connectivity index (χ0n) is 7.90. The van der Waals surface area contributed by atoms with E-state index in [-0.39, 0.29) is 53.2 Å². The number of carbonyl (C=O) groups excluding carboxylic acids is 2. The van der Waals surface area contributed by atoms with E-state index < -0.39 is 24.1 Å². The molecule has 10 heteroatoms. The van der Waals surface area contributed by atoms with E-state index in [0.717, 1.165) is 0 Å². The second kappa shape index (κ2) is 9.44. The summed E-state index contributed by atoms with van der Waals surface area (Å²) in [5.41, 5.74) is 5.12. The Balaban J connectivity index is 0. The molecule has 0 rings (SSSR count). The second-order valence-electron chi connectivity index (χ2n) is 2.51. The smallest absolute Gasteiger partial charge is 0.437 e. The number of ether oxygens (including phenoxy) is 1. The fraction of sp³-hybridized carbons (Fsp3) is 0.500. The van der Waals surface area contributed by atoms with Crippen molar-refractivity contribution in [1.82, 2.24) is 3.71 Å². The van der Waals surface area contributed by atoms with E-state index in [1.54, 1.807) is 0 Å². The molecule has 92 valence electrons.